The van der Waals surface area contributed by atoms with Crippen molar-refractivity contribution in [3.63, 3.8) is 0 Å². The van der Waals surface area contributed by atoms with E-state index < -0.39 is 5.97 Å². The van der Waals surface area contributed by atoms with Crippen LogP contribution in [0.4, 0.5) is 0 Å². The largest absolute Gasteiger partial charge is 0.481 e. The molecule has 0 unspecified atom stereocenters. The number of carboxylic acids is 1. The van der Waals surface area contributed by atoms with Gasteiger partial charge in [-0.25, -0.2) is 0 Å². The van der Waals surface area contributed by atoms with Crippen molar-refractivity contribution in [2.45, 2.75) is 33.7 Å². The number of hydrogen-bond donors (Lipinski definition) is 1. The van der Waals surface area contributed by atoms with Gasteiger partial charge in [0.25, 0.3) is 0 Å². The molecule has 0 spiro atoms. The Kier molecular flexibility index (Phi) is 3.14. The SMILES string of the molecule is Cc1noc(Cn2nc(C)c(CC(=O)O)c2C)n1. The van der Waals surface area contributed by atoms with Crippen LogP contribution >= 0.6 is 0 Å². The number of hydrogen-bond acceptors (Lipinski definition) is 5. The average Bonchev–Trinajstić information content (AvgIpc) is 2.78. The van der Waals surface area contributed by atoms with E-state index in [4.69, 9.17) is 9.63 Å². The summed E-state index contributed by atoms with van der Waals surface area (Å²) in [6, 6.07) is 0. The lowest BCUT2D eigenvalue weighted by Gasteiger charge is -2.01. The highest BCUT2D eigenvalue weighted by atomic mass is 16.5. The average molecular weight is 250 g/mol. The predicted octanol–water partition coefficient (Wildman–Crippen LogP) is 0.867. The van der Waals surface area contributed by atoms with Gasteiger partial charge in [0.2, 0.25) is 5.89 Å². The fourth-order valence-electron chi connectivity index (χ4n) is 1.83. The molecule has 0 aromatic carbocycles. The first-order chi connectivity index (χ1) is 8.47. The molecule has 7 heteroatoms. The van der Waals surface area contributed by atoms with E-state index in [0.29, 0.717) is 24.0 Å². The Morgan fingerprint density at radius 2 is 2.11 bits per heavy atom. The molecule has 0 bridgehead atoms. The molecular weight excluding hydrogens is 236 g/mol. The van der Waals surface area contributed by atoms with Gasteiger partial charge in [-0.1, -0.05) is 5.16 Å². The highest BCUT2D eigenvalue weighted by molar-refractivity contribution is 5.70. The summed E-state index contributed by atoms with van der Waals surface area (Å²) in [5.41, 5.74) is 2.26. The summed E-state index contributed by atoms with van der Waals surface area (Å²) in [7, 11) is 0. The molecular formula is C11H14N4O3. The maximum absolute atomic E-state index is 10.8. The summed E-state index contributed by atoms with van der Waals surface area (Å²) in [5, 5.41) is 16.8. The monoisotopic (exact) mass is 250 g/mol. The topological polar surface area (TPSA) is 94.0 Å². The van der Waals surface area contributed by atoms with Gasteiger partial charge in [0.05, 0.1) is 12.1 Å². The molecule has 2 heterocycles. The zero-order valence-electron chi connectivity index (χ0n) is 10.5. The second kappa shape index (κ2) is 4.59. The van der Waals surface area contributed by atoms with Crippen molar-refractivity contribution in [2.75, 3.05) is 0 Å². The van der Waals surface area contributed by atoms with Crippen molar-refractivity contribution in [3.8, 4) is 0 Å². The zero-order chi connectivity index (χ0) is 13.3. The smallest absolute Gasteiger partial charge is 0.307 e. The van der Waals surface area contributed by atoms with Crippen LogP contribution in [-0.2, 0) is 17.8 Å². The van der Waals surface area contributed by atoms with E-state index in [-0.39, 0.29) is 6.42 Å². The molecule has 0 aliphatic rings. The molecule has 7 nitrogen and oxygen atoms in total. The summed E-state index contributed by atoms with van der Waals surface area (Å²) < 4.78 is 6.70. The van der Waals surface area contributed by atoms with Gasteiger partial charge in [0, 0.05) is 11.3 Å². The highest BCUT2D eigenvalue weighted by Gasteiger charge is 2.15. The fourth-order valence-corrected chi connectivity index (χ4v) is 1.83. The maximum Gasteiger partial charge on any atom is 0.307 e. The van der Waals surface area contributed by atoms with Crippen LogP contribution in [0.15, 0.2) is 4.52 Å². The van der Waals surface area contributed by atoms with Crippen molar-refractivity contribution < 1.29 is 14.4 Å². The van der Waals surface area contributed by atoms with E-state index in [2.05, 4.69) is 15.2 Å². The van der Waals surface area contributed by atoms with Gasteiger partial charge in [0.15, 0.2) is 5.82 Å². The normalized spacial score (nSPS) is 10.8. The van der Waals surface area contributed by atoms with Gasteiger partial charge < -0.3 is 9.63 Å². The van der Waals surface area contributed by atoms with Crippen LogP contribution in [0.2, 0.25) is 0 Å². The van der Waals surface area contributed by atoms with Crippen LogP contribution in [0.25, 0.3) is 0 Å². The van der Waals surface area contributed by atoms with Crippen LogP contribution in [-0.4, -0.2) is 31.0 Å². The molecule has 0 fully saturated rings. The van der Waals surface area contributed by atoms with Gasteiger partial charge >= 0.3 is 5.97 Å². The minimum Gasteiger partial charge on any atom is -0.481 e. The zero-order valence-corrected chi connectivity index (χ0v) is 10.5. The first-order valence-electron chi connectivity index (χ1n) is 5.51. The van der Waals surface area contributed by atoms with Crippen LogP contribution in [0.3, 0.4) is 0 Å². The lowest BCUT2D eigenvalue weighted by molar-refractivity contribution is -0.136. The Hall–Kier alpha value is -2.18. The van der Waals surface area contributed by atoms with Gasteiger partial charge in [-0.15, -0.1) is 0 Å². The Morgan fingerprint density at radius 1 is 1.39 bits per heavy atom. The van der Waals surface area contributed by atoms with Crippen molar-refractivity contribution in [3.05, 3.63) is 28.7 Å². The molecule has 0 radical (unpaired) electrons. The molecule has 0 atom stereocenters. The van der Waals surface area contributed by atoms with E-state index in [1.807, 2.05) is 6.92 Å². The Balaban J connectivity index is 2.26. The Bertz CT molecular complexity index is 585. The van der Waals surface area contributed by atoms with Crippen molar-refractivity contribution >= 4 is 5.97 Å². The summed E-state index contributed by atoms with van der Waals surface area (Å²) >= 11 is 0. The Morgan fingerprint density at radius 3 is 2.67 bits per heavy atom. The number of aryl methyl sites for hydroxylation is 2. The van der Waals surface area contributed by atoms with Gasteiger partial charge in [-0.2, -0.15) is 10.1 Å². The summed E-state index contributed by atoms with van der Waals surface area (Å²) in [6.45, 7) is 5.72. The number of aromatic nitrogens is 4. The molecule has 0 amide bonds. The standard InChI is InChI=1S/C11H14N4O3/c1-6-9(4-11(16)17)7(2)15(13-6)5-10-12-8(3)14-18-10/h4-5H2,1-3H3,(H,16,17). The van der Waals surface area contributed by atoms with Crippen LogP contribution < -0.4 is 0 Å². The summed E-state index contributed by atoms with van der Waals surface area (Å²) in [4.78, 5) is 14.9. The predicted molar refractivity (Wildman–Crippen MR) is 61.2 cm³/mol. The minimum absolute atomic E-state index is 0.0273. The summed E-state index contributed by atoms with van der Waals surface area (Å²) in [6.07, 6.45) is -0.0273. The third-order valence-electron chi connectivity index (χ3n) is 2.71. The van der Waals surface area contributed by atoms with E-state index in [1.165, 1.54) is 0 Å². The quantitative estimate of drug-likeness (QED) is 0.865. The molecule has 0 aliphatic heterocycles. The van der Waals surface area contributed by atoms with E-state index in [1.54, 1.807) is 18.5 Å². The molecule has 2 rings (SSSR count). The molecule has 0 saturated heterocycles. The molecule has 0 saturated carbocycles. The van der Waals surface area contributed by atoms with Crippen LogP contribution in [0, 0.1) is 20.8 Å². The molecule has 0 aliphatic carbocycles. The minimum atomic E-state index is -0.866. The molecule has 2 aromatic heterocycles. The lowest BCUT2D eigenvalue weighted by Crippen LogP contribution is -2.06. The molecule has 1 N–H and O–H groups in total. The molecule has 96 valence electrons. The first-order valence-corrected chi connectivity index (χ1v) is 5.51. The first kappa shape index (κ1) is 12.3. The van der Waals surface area contributed by atoms with Crippen LogP contribution in [0.5, 0.6) is 0 Å². The third-order valence-corrected chi connectivity index (χ3v) is 2.71. The second-order valence-electron chi connectivity index (χ2n) is 4.11. The Labute approximate surface area is 103 Å². The van der Waals surface area contributed by atoms with Gasteiger partial charge in [-0.3, -0.25) is 9.48 Å². The maximum atomic E-state index is 10.8. The number of nitrogens with zero attached hydrogens (tertiary/aromatic N) is 4. The molecule has 2 aromatic rings. The van der Waals surface area contributed by atoms with Gasteiger partial charge in [-0.05, 0) is 20.8 Å². The van der Waals surface area contributed by atoms with Crippen molar-refractivity contribution in [1.29, 1.82) is 0 Å². The van der Waals surface area contributed by atoms with Crippen LogP contribution in [0.1, 0.15) is 28.7 Å². The number of rotatable bonds is 4. The fraction of sp³-hybridized carbons (Fsp3) is 0.455. The van der Waals surface area contributed by atoms with E-state index in [9.17, 15) is 4.79 Å². The van der Waals surface area contributed by atoms with Crippen molar-refractivity contribution in [1.82, 2.24) is 19.9 Å². The van der Waals surface area contributed by atoms with Gasteiger partial charge in [0.1, 0.15) is 6.54 Å². The number of aliphatic carboxylic acids is 1. The molecule has 18 heavy (non-hydrogen) atoms. The highest BCUT2D eigenvalue weighted by Crippen LogP contribution is 2.15. The third kappa shape index (κ3) is 2.39. The lowest BCUT2D eigenvalue weighted by atomic mass is 10.1. The second-order valence-corrected chi connectivity index (χ2v) is 4.11. The van der Waals surface area contributed by atoms with Crippen molar-refractivity contribution in [2.24, 2.45) is 0 Å². The number of carbonyl (C=O) groups is 1. The van der Waals surface area contributed by atoms with E-state index in [0.717, 1.165) is 11.3 Å². The van der Waals surface area contributed by atoms with E-state index >= 15 is 0 Å². The number of carboxylic acid groups (broad SMARTS) is 1. The summed E-state index contributed by atoms with van der Waals surface area (Å²) in [5.74, 6) is 0.159.